The van der Waals surface area contributed by atoms with E-state index in [9.17, 15) is 9.90 Å². The second-order valence-corrected chi connectivity index (χ2v) is 7.92. The maximum Gasteiger partial charge on any atom is 0.196 e. The van der Waals surface area contributed by atoms with Gasteiger partial charge in [0.25, 0.3) is 0 Å². The van der Waals surface area contributed by atoms with E-state index in [4.69, 9.17) is 11.6 Å². The number of thioether (sulfide) groups is 1. The molecule has 1 N–H and O–H groups in total. The highest BCUT2D eigenvalue weighted by Crippen LogP contribution is 2.28. The fraction of sp³-hybridized carbons (Fsp3) is 0.0870. The molecule has 0 radical (unpaired) electrons. The number of hydrogen-bond donors (Lipinski definition) is 1. The minimum Gasteiger partial charge on any atom is -0.380 e. The van der Waals surface area contributed by atoms with Crippen LogP contribution in [0.1, 0.15) is 27.8 Å². The van der Waals surface area contributed by atoms with Crippen molar-refractivity contribution in [2.75, 3.05) is 5.75 Å². The molecule has 4 rings (SSSR count). The molecule has 0 spiro atoms. The van der Waals surface area contributed by atoms with Gasteiger partial charge in [0.15, 0.2) is 16.8 Å². The van der Waals surface area contributed by atoms with Crippen LogP contribution in [0.2, 0.25) is 5.02 Å². The molecule has 3 aromatic carbocycles. The number of para-hydroxylation sites is 1. The summed E-state index contributed by atoms with van der Waals surface area (Å²) in [6.07, 6.45) is -0.944. The van der Waals surface area contributed by atoms with Gasteiger partial charge in [0.1, 0.15) is 6.10 Å². The van der Waals surface area contributed by atoms with Crippen molar-refractivity contribution in [3.8, 4) is 5.69 Å². The predicted molar refractivity (Wildman–Crippen MR) is 118 cm³/mol. The van der Waals surface area contributed by atoms with Gasteiger partial charge in [-0.25, -0.2) is 0 Å². The maximum absolute atomic E-state index is 12.6. The molecule has 5 nitrogen and oxygen atoms in total. The van der Waals surface area contributed by atoms with Crippen molar-refractivity contribution in [2.45, 2.75) is 11.3 Å². The summed E-state index contributed by atoms with van der Waals surface area (Å²) in [6, 6.07) is 25.6. The van der Waals surface area contributed by atoms with E-state index in [0.717, 1.165) is 11.3 Å². The third kappa shape index (κ3) is 4.46. The summed E-state index contributed by atoms with van der Waals surface area (Å²) < 4.78 is 1.79. The van der Waals surface area contributed by atoms with Crippen molar-refractivity contribution < 1.29 is 9.90 Å². The highest BCUT2D eigenvalue weighted by molar-refractivity contribution is 7.99. The normalized spacial score (nSPS) is 11.9. The number of nitrogens with zero attached hydrogens (tertiary/aromatic N) is 3. The summed E-state index contributed by atoms with van der Waals surface area (Å²) in [5.41, 5.74) is 2.12. The lowest BCUT2D eigenvalue weighted by atomic mass is 10.1. The van der Waals surface area contributed by atoms with Crippen LogP contribution in [0.3, 0.4) is 0 Å². The van der Waals surface area contributed by atoms with Crippen molar-refractivity contribution in [3.05, 3.63) is 107 Å². The molecule has 30 heavy (non-hydrogen) atoms. The zero-order valence-corrected chi connectivity index (χ0v) is 17.4. The minimum absolute atomic E-state index is 0.0376. The fourth-order valence-electron chi connectivity index (χ4n) is 3.01. The first kappa shape index (κ1) is 20.3. The second-order valence-electron chi connectivity index (χ2n) is 6.54. The van der Waals surface area contributed by atoms with E-state index in [1.165, 1.54) is 11.8 Å². The molecule has 4 aromatic rings. The van der Waals surface area contributed by atoms with Crippen LogP contribution in [0.5, 0.6) is 0 Å². The highest BCUT2D eigenvalue weighted by atomic mass is 35.5. The number of aliphatic hydroxyl groups excluding tert-OH is 1. The summed E-state index contributed by atoms with van der Waals surface area (Å²) in [5.74, 6) is 0.548. The molecule has 0 aliphatic rings. The van der Waals surface area contributed by atoms with Crippen LogP contribution < -0.4 is 0 Å². The van der Waals surface area contributed by atoms with Gasteiger partial charge in [-0.2, -0.15) is 0 Å². The van der Waals surface area contributed by atoms with Gasteiger partial charge >= 0.3 is 0 Å². The molecule has 1 unspecified atom stereocenters. The molecular formula is C23H18ClN3O2S. The monoisotopic (exact) mass is 435 g/mol. The summed E-state index contributed by atoms with van der Waals surface area (Å²) in [6.45, 7) is 0. The molecule has 1 aromatic heterocycles. The van der Waals surface area contributed by atoms with Crippen LogP contribution in [0, 0.1) is 0 Å². The largest absolute Gasteiger partial charge is 0.380 e. The van der Waals surface area contributed by atoms with Gasteiger partial charge in [-0.05, 0) is 42.0 Å². The van der Waals surface area contributed by atoms with E-state index in [0.29, 0.717) is 21.6 Å². The predicted octanol–water partition coefficient (Wildman–Crippen LogP) is 4.98. The summed E-state index contributed by atoms with van der Waals surface area (Å²) in [7, 11) is 0. The van der Waals surface area contributed by atoms with E-state index < -0.39 is 6.10 Å². The molecule has 1 atom stereocenters. The number of hydrogen-bond acceptors (Lipinski definition) is 5. The molecule has 0 fully saturated rings. The van der Waals surface area contributed by atoms with Gasteiger partial charge in [-0.3, -0.25) is 9.36 Å². The molecule has 7 heteroatoms. The Morgan fingerprint density at radius 1 is 0.933 bits per heavy atom. The van der Waals surface area contributed by atoms with Crippen molar-refractivity contribution >= 4 is 29.1 Å². The van der Waals surface area contributed by atoms with E-state index in [1.807, 2.05) is 60.7 Å². The number of carbonyl (C=O) groups excluding carboxylic acids is 1. The SMILES string of the molecule is O=C(CSc1nnc(C(O)c2ccccc2)n1-c1ccccc1)c1ccc(Cl)cc1. The average Bonchev–Trinajstić information content (AvgIpc) is 3.22. The maximum atomic E-state index is 12.6. The Hall–Kier alpha value is -2.93. The van der Waals surface area contributed by atoms with Crippen LogP contribution in [0.15, 0.2) is 90.1 Å². The van der Waals surface area contributed by atoms with Crippen LogP contribution in [-0.2, 0) is 0 Å². The van der Waals surface area contributed by atoms with Gasteiger partial charge in [0, 0.05) is 16.3 Å². The van der Waals surface area contributed by atoms with Crippen molar-refractivity contribution in [1.29, 1.82) is 0 Å². The van der Waals surface area contributed by atoms with Gasteiger partial charge in [0.2, 0.25) is 0 Å². The summed E-state index contributed by atoms with van der Waals surface area (Å²) in [5, 5.41) is 20.5. The third-order valence-corrected chi connectivity index (χ3v) is 5.71. The Morgan fingerprint density at radius 3 is 2.23 bits per heavy atom. The van der Waals surface area contributed by atoms with Crippen molar-refractivity contribution in [2.24, 2.45) is 0 Å². The zero-order valence-electron chi connectivity index (χ0n) is 15.9. The molecule has 0 aliphatic heterocycles. The number of aliphatic hydroxyl groups is 1. The number of rotatable bonds is 7. The van der Waals surface area contributed by atoms with Crippen LogP contribution in [0.25, 0.3) is 5.69 Å². The van der Waals surface area contributed by atoms with E-state index in [-0.39, 0.29) is 11.5 Å². The zero-order chi connectivity index (χ0) is 20.9. The summed E-state index contributed by atoms with van der Waals surface area (Å²) in [4.78, 5) is 12.6. The number of aromatic nitrogens is 3. The summed E-state index contributed by atoms with van der Waals surface area (Å²) >= 11 is 7.18. The highest BCUT2D eigenvalue weighted by Gasteiger charge is 2.22. The lowest BCUT2D eigenvalue weighted by Gasteiger charge is -2.14. The number of halogens is 1. The quantitative estimate of drug-likeness (QED) is 0.327. The Labute approximate surface area is 183 Å². The first-order chi connectivity index (χ1) is 14.6. The Bertz CT molecular complexity index is 1130. The van der Waals surface area contributed by atoms with Gasteiger partial charge < -0.3 is 5.11 Å². The van der Waals surface area contributed by atoms with Gasteiger partial charge in [-0.15, -0.1) is 10.2 Å². The molecule has 150 valence electrons. The lowest BCUT2D eigenvalue weighted by molar-refractivity contribution is 0.102. The smallest absolute Gasteiger partial charge is 0.196 e. The Morgan fingerprint density at radius 2 is 1.57 bits per heavy atom. The molecule has 1 heterocycles. The van der Waals surface area contributed by atoms with Crippen molar-refractivity contribution in [1.82, 2.24) is 14.8 Å². The first-order valence-electron chi connectivity index (χ1n) is 9.29. The van der Waals surface area contributed by atoms with Gasteiger partial charge in [0.05, 0.1) is 5.75 Å². The average molecular weight is 436 g/mol. The number of ketones is 1. The molecule has 0 saturated carbocycles. The van der Waals surface area contributed by atoms with Crippen LogP contribution in [0.4, 0.5) is 0 Å². The topological polar surface area (TPSA) is 68.0 Å². The third-order valence-electron chi connectivity index (χ3n) is 4.53. The Kier molecular flexibility index (Phi) is 6.28. The van der Waals surface area contributed by atoms with Crippen molar-refractivity contribution in [3.63, 3.8) is 0 Å². The van der Waals surface area contributed by atoms with Crippen LogP contribution >= 0.6 is 23.4 Å². The second kappa shape index (κ2) is 9.26. The van der Waals surface area contributed by atoms with Crippen LogP contribution in [-0.4, -0.2) is 31.4 Å². The minimum atomic E-state index is -0.944. The van der Waals surface area contributed by atoms with Gasteiger partial charge in [-0.1, -0.05) is 71.9 Å². The van der Waals surface area contributed by atoms with E-state index >= 15 is 0 Å². The molecule has 0 bridgehead atoms. The molecule has 0 aliphatic carbocycles. The number of Topliss-reactive ketones (excluding diaryl/α,β-unsaturated/α-hetero) is 1. The number of carbonyl (C=O) groups is 1. The van der Waals surface area contributed by atoms with E-state index in [1.54, 1.807) is 28.8 Å². The number of benzene rings is 3. The molecular weight excluding hydrogens is 418 g/mol. The molecule has 0 amide bonds. The lowest BCUT2D eigenvalue weighted by Crippen LogP contribution is -2.10. The fourth-order valence-corrected chi connectivity index (χ4v) is 3.98. The Balaban J connectivity index is 1.64. The van der Waals surface area contributed by atoms with E-state index in [2.05, 4.69) is 10.2 Å². The molecule has 0 saturated heterocycles. The standard InChI is InChI=1S/C23H18ClN3O2S/c24-18-13-11-16(12-14-18)20(28)15-30-23-26-25-22(21(29)17-7-3-1-4-8-17)27(23)19-9-5-2-6-10-19/h1-14,21,29H,15H2. The first-order valence-corrected chi connectivity index (χ1v) is 10.6.